The van der Waals surface area contributed by atoms with Crippen molar-refractivity contribution < 1.29 is 9.53 Å². The highest BCUT2D eigenvalue weighted by molar-refractivity contribution is 6.31. The number of anilines is 1. The molecule has 1 amide bonds. The molecule has 1 atom stereocenters. The van der Waals surface area contributed by atoms with Crippen LogP contribution in [0.4, 0.5) is 5.69 Å². The Morgan fingerprint density at radius 1 is 1.11 bits per heavy atom. The van der Waals surface area contributed by atoms with Crippen LogP contribution in [0.2, 0.25) is 5.02 Å². The van der Waals surface area contributed by atoms with E-state index in [2.05, 4.69) is 35.6 Å². The number of carbonyl (C=O) groups is 1. The number of amides is 1. The largest absolute Gasteiger partial charge is 0.495 e. The van der Waals surface area contributed by atoms with Gasteiger partial charge in [-0.15, -0.1) is 0 Å². The molecule has 0 fully saturated rings. The van der Waals surface area contributed by atoms with E-state index in [0.29, 0.717) is 23.0 Å². The lowest BCUT2D eigenvalue weighted by atomic mass is 10.1. The topological polar surface area (TPSA) is 41.6 Å². The third-order valence-corrected chi connectivity index (χ3v) is 4.94. The highest BCUT2D eigenvalue weighted by Gasteiger charge is 2.20. The molecule has 3 rings (SSSR count). The molecule has 3 aromatic carbocycles. The number of hydrogen-bond acceptors (Lipinski definition) is 3. The standard InChI is InChI=1S/C22H23ClN2O2/c1-15(22(26)24-20-13-19(23)10-11-21(20)27-3)25(2)14-16-8-9-17-6-4-5-7-18(17)12-16/h4-13,15H,14H2,1-3H3,(H,24,26)/t15-/m0/s1. The summed E-state index contributed by atoms with van der Waals surface area (Å²) in [7, 11) is 3.50. The van der Waals surface area contributed by atoms with Crippen molar-refractivity contribution in [2.24, 2.45) is 0 Å². The fourth-order valence-corrected chi connectivity index (χ4v) is 3.15. The van der Waals surface area contributed by atoms with Gasteiger partial charge in [0.25, 0.3) is 0 Å². The van der Waals surface area contributed by atoms with Crippen molar-refractivity contribution in [3.05, 3.63) is 71.2 Å². The minimum absolute atomic E-state index is 0.112. The number of benzene rings is 3. The monoisotopic (exact) mass is 382 g/mol. The van der Waals surface area contributed by atoms with Crippen LogP contribution in [0, 0.1) is 0 Å². The van der Waals surface area contributed by atoms with Gasteiger partial charge in [-0.2, -0.15) is 0 Å². The van der Waals surface area contributed by atoms with E-state index < -0.39 is 0 Å². The molecule has 0 aromatic heterocycles. The second kappa shape index (κ2) is 8.42. The SMILES string of the molecule is COc1ccc(Cl)cc1NC(=O)[C@H](C)N(C)Cc1ccc2ccccc2c1. The minimum Gasteiger partial charge on any atom is -0.495 e. The minimum atomic E-state index is -0.319. The Kier molecular flexibility index (Phi) is 5.99. The van der Waals surface area contributed by atoms with Gasteiger partial charge in [0.2, 0.25) is 5.91 Å². The van der Waals surface area contributed by atoms with Crippen molar-refractivity contribution in [3.8, 4) is 5.75 Å². The van der Waals surface area contributed by atoms with E-state index in [4.69, 9.17) is 16.3 Å². The Labute approximate surface area is 164 Å². The zero-order chi connectivity index (χ0) is 19.4. The summed E-state index contributed by atoms with van der Waals surface area (Å²) >= 11 is 6.04. The van der Waals surface area contributed by atoms with Gasteiger partial charge in [-0.3, -0.25) is 9.69 Å². The molecule has 4 nitrogen and oxygen atoms in total. The van der Waals surface area contributed by atoms with Crippen LogP contribution in [0.1, 0.15) is 12.5 Å². The van der Waals surface area contributed by atoms with E-state index in [1.807, 2.05) is 31.0 Å². The van der Waals surface area contributed by atoms with Gasteiger partial charge in [-0.25, -0.2) is 0 Å². The molecule has 0 heterocycles. The van der Waals surface area contributed by atoms with E-state index in [0.717, 1.165) is 5.56 Å². The average molecular weight is 383 g/mol. The summed E-state index contributed by atoms with van der Waals surface area (Å²) in [6.45, 7) is 2.56. The summed E-state index contributed by atoms with van der Waals surface area (Å²) in [5, 5.41) is 5.86. The maximum atomic E-state index is 12.7. The number of methoxy groups -OCH3 is 1. The fourth-order valence-electron chi connectivity index (χ4n) is 2.98. The molecule has 0 saturated carbocycles. The Hall–Kier alpha value is -2.56. The number of nitrogens with zero attached hydrogens (tertiary/aromatic N) is 1. The Bertz CT molecular complexity index is 958. The Morgan fingerprint density at radius 2 is 1.85 bits per heavy atom. The lowest BCUT2D eigenvalue weighted by Gasteiger charge is -2.24. The number of carbonyl (C=O) groups excluding carboxylic acids is 1. The molecule has 0 aliphatic rings. The van der Waals surface area contributed by atoms with Crippen molar-refractivity contribution in [1.82, 2.24) is 4.90 Å². The summed E-state index contributed by atoms with van der Waals surface area (Å²) in [4.78, 5) is 14.7. The molecule has 3 aromatic rings. The summed E-state index contributed by atoms with van der Waals surface area (Å²) < 4.78 is 5.29. The smallest absolute Gasteiger partial charge is 0.241 e. The predicted octanol–water partition coefficient (Wildman–Crippen LogP) is 4.96. The summed E-state index contributed by atoms with van der Waals surface area (Å²) in [5.41, 5.74) is 1.73. The van der Waals surface area contributed by atoms with E-state index in [1.54, 1.807) is 25.3 Å². The van der Waals surface area contributed by atoms with Crippen molar-refractivity contribution in [2.75, 3.05) is 19.5 Å². The number of fused-ring (bicyclic) bond motifs is 1. The number of ether oxygens (including phenoxy) is 1. The van der Waals surface area contributed by atoms with Crippen LogP contribution >= 0.6 is 11.6 Å². The molecule has 0 radical (unpaired) electrons. The average Bonchev–Trinajstić information content (AvgIpc) is 2.67. The number of likely N-dealkylation sites (N-methyl/N-ethyl adjacent to an activating group) is 1. The number of nitrogens with one attached hydrogen (secondary N) is 1. The number of rotatable bonds is 6. The van der Waals surface area contributed by atoms with Crippen molar-refractivity contribution in [1.29, 1.82) is 0 Å². The molecule has 5 heteroatoms. The lowest BCUT2D eigenvalue weighted by molar-refractivity contribution is -0.120. The number of halogens is 1. The van der Waals surface area contributed by atoms with Crippen molar-refractivity contribution >= 4 is 34.0 Å². The molecule has 0 bridgehead atoms. The van der Waals surface area contributed by atoms with Gasteiger partial charge in [0.05, 0.1) is 18.8 Å². The molecule has 0 unspecified atom stereocenters. The first-order chi connectivity index (χ1) is 13.0. The molecule has 0 aliphatic heterocycles. The predicted molar refractivity (Wildman–Crippen MR) is 112 cm³/mol. The second-order valence-electron chi connectivity index (χ2n) is 6.61. The molecule has 1 N–H and O–H groups in total. The third-order valence-electron chi connectivity index (χ3n) is 4.71. The van der Waals surface area contributed by atoms with Crippen LogP contribution < -0.4 is 10.1 Å². The first kappa shape index (κ1) is 19.2. The van der Waals surface area contributed by atoms with Crippen molar-refractivity contribution in [3.63, 3.8) is 0 Å². The first-order valence-corrected chi connectivity index (χ1v) is 9.18. The quantitative estimate of drug-likeness (QED) is 0.655. The molecule has 27 heavy (non-hydrogen) atoms. The molecule has 0 aliphatic carbocycles. The molecule has 0 spiro atoms. The van der Waals surface area contributed by atoms with E-state index in [1.165, 1.54) is 10.8 Å². The summed E-state index contributed by atoms with van der Waals surface area (Å²) in [5.74, 6) is 0.469. The van der Waals surface area contributed by atoms with Gasteiger partial charge in [-0.1, -0.05) is 48.0 Å². The van der Waals surface area contributed by atoms with Crippen LogP contribution in [0.5, 0.6) is 5.75 Å². The van der Waals surface area contributed by atoms with Crippen LogP contribution in [-0.2, 0) is 11.3 Å². The van der Waals surface area contributed by atoms with Gasteiger partial charge in [-0.05, 0) is 54.6 Å². The maximum absolute atomic E-state index is 12.7. The molecular formula is C22H23ClN2O2. The Morgan fingerprint density at radius 3 is 2.59 bits per heavy atom. The van der Waals surface area contributed by atoms with Crippen LogP contribution in [0.25, 0.3) is 10.8 Å². The molecule has 140 valence electrons. The maximum Gasteiger partial charge on any atom is 0.241 e. The van der Waals surface area contributed by atoms with E-state index >= 15 is 0 Å². The zero-order valence-electron chi connectivity index (χ0n) is 15.7. The van der Waals surface area contributed by atoms with Crippen LogP contribution in [-0.4, -0.2) is 31.0 Å². The molecular weight excluding hydrogens is 360 g/mol. The first-order valence-electron chi connectivity index (χ1n) is 8.80. The Balaban J connectivity index is 1.69. The van der Waals surface area contributed by atoms with Gasteiger partial charge in [0.15, 0.2) is 0 Å². The van der Waals surface area contributed by atoms with Crippen molar-refractivity contribution in [2.45, 2.75) is 19.5 Å². The van der Waals surface area contributed by atoms with Crippen LogP contribution in [0.15, 0.2) is 60.7 Å². The van der Waals surface area contributed by atoms with Gasteiger partial charge >= 0.3 is 0 Å². The second-order valence-corrected chi connectivity index (χ2v) is 7.04. The highest BCUT2D eigenvalue weighted by Crippen LogP contribution is 2.28. The molecule has 0 saturated heterocycles. The normalized spacial score (nSPS) is 12.2. The zero-order valence-corrected chi connectivity index (χ0v) is 16.5. The van der Waals surface area contributed by atoms with E-state index in [-0.39, 0.29) is 11.9 Å². The van der Waals surface area contributed by atoms with Gasteiger partial charge in [0.1, 0.15) is 5.75 Å². The summed E-state index contributed by atoms with van der Waals surface area (Å²) in [6, 6.07) is 19.5. The van der Waals surface area contributed by atoms with Crippen LogP contribution in [0.3, 0.4) is 0 Å². The third kappa shape index (κ3) is 4.59. The van der Waals surface area contributed by atoms with E-state index in [9.17, 15) is 4.79 Å². The highest BCUT2D eigenvalue weighted by atomic mass is 35.5. The summed E-state index contributed by atoms with van der Waals surface area (Å²) in [6.07, 6.45) is 0. The lowest BCUT2D eigenvalue weighted by Crippen LogP contribution is -2.39. The number of hydrogen-bond donors (Lipinski definition) is 1. The van der Waals surface area contributed by atoms with Gasteiger partial charge < -0.3 is 10.1 Å². The fraction of sp³-hybridized carbons (Fsp3) is 0.227. The van der Waals surface area contributed by atoms with Gasteiger partial charge in [0, 0.05) is 11.6 Å².